The SMILES string of the molecule is CSCCCNCCCn1cnc2ccccc21. The Morgan fingerprint density at radius 1 is 1.22 bits per heavy atom. The zero-order chi connectivity index (χ0) is 12.6. The lowest BCUT2D eigenvalue weighted by molar-refractivity contribution is 0.587. The molecule has 2 rings (SSSR count). The largest absolute Gasteiger partial charge is 0.331 e. The van der Waals surface area contributed by atoms with E-state index in [2.05, 4.69) is 39.3 Å². The Labute approximate surface area is 113 Å². The van der Waals surface area contributed by atoms with E-state index in [0.717, 1.165) is 31.6 Å². The number of fused-ring (bicyclic) bond motifs is 1. The number of aromatic nitrogens is 2. The van der Waals surface area contributed by atoms with Crippen LogP contribution in [0, 0.1) is 0 Å². The van der Waals surface area contributed by atoms with Crippen molar-refractivity contribution in [3.05, 3.63) is 30.6 Å². The van der Waals surface area contributed by atoms with Gasteiger partial charge >= 0.3 is 0 Å². The van der Waals surface area contributed by atoms with E-state index in [4.69, 9.17) is 0 Å². The van der Waals surface area contributed by atoms with Gasteiger partial charge in [-0.05, 0) is 50.1 Å². The molecule has 0 spiro atoms. The maximum absolute atomic E-state index is 4.40. The van der Waals surface area contributed by atoms with Crippen molar-refractivity contribution < 1.29 is 0 Å². The molecule has 1 aromatic heterocycles. The van der Waals surface area contributed by atoms with Gasteiger partial charge in [0.2, 0.25) is 0 Å². The van der Waals surface area contributed by atoms with Gasteiger partial charge in [-0.3, -0.25) is 0 Å². The summed E-state index contributed by atoms with van der Waals surface area (Å²) in [4.78, 5) is 4.40. The van der Waals surface area contributed by atoms with E-state index >= 15 is 0 Å². The summed E-state index contributed by atoms with van der Waals surface area (Å²) < 4.78 is 2.24. The van der Waals surface area contributed by atoms with Gasteiger partial charge in [-0.1, -0.05) is 12.1 Å². The first kappa shape index (κ1) is 13.4. The highest BCUT2D eigenvalue weighted by Crippen LogP contribution is 2.11. The minimum absolute atomic E-state index is 1.04. The first-order valence-corrected chi connectivity index (χ1v) is 7.91. The number of para-hydroxylation sites is 2. The number of hydrogen-bond donors (Lipinski definition) is 1. The van der Waals surface area contributed by atoms with Crippen LogP contribution in [0.4, 0.5) is 0 Å². The molecule has 0 aliphatic rings. The van der Waals surface area contributed by atoms with Gasteiger partial charge in [0.15, 0.2) is 0 Å². The van der Waals surface area contributed by atoms with Crippen molar-refractivity contribution in [2.24, 2.45) is 0 Å². The van der Waals surface area contributed by atoms with Gasteiger partial charge in [-0.25, -0.2) is 4.98 Å². The highest BCUT2D eigenvalue weighted by molar-refractivity contribution is 7.98. The molecular formula is C14H21N3S. The summed E-state index contributed by atoms with van der Waals surface area (Å²) in [7, 11) is 0. The molecule has 0 fully saturated rings. The summed E-state index contributed by atoms with van der Waals surface area (Å²) in [5.41, 5.74) is 2.32. The quantitative estimate of drug-likeness (QED) is 0.743. The summed E-state index contributed by atoms with van der Waals surface area (Å²) >= 11 is 1.91. The Balaban J connectivity index is 1.70. The van der Waals surface area contributed by atoms with E-state index in [1.54, 1.807) is 0 Å². The predicted molar refractivity (Wildman–Crippen MR) is 80.2 cm³/mol. The third-order valence-corrected chi connectivity index (χ3v) is 3.68. The number of thioether (sulfide) groups is 1. The number of aryl methyl sites for hydroxylation is 1. The highest BCUT2D eigenvalue weighted by Gasteiger charge is 2.00. The van der Waals surface area contributed by atoms with Crippen molar-refractivity contribution in [3.8, 4) is 0 Å². The Kier molecular flexibility index (Phi) is 5.55. The topological polar surface area (TPSA) is 29.9 Å². The van der Waals surface area contributed by atoms with Crippen LogP contribution in [-0.2, 0) is 6.54 Å². The first-order chi connectivity index (χ1) is 8.92. The van der Waals surface area contributed by atoms with Crippen LogP contribution in [0.1, 0.15) is 12.8 Å². The maximum atomic E-state index is 4.40. The van der Waals surface area contributed by atoms with Crippen LogP contribution in [0.3, 0.4) is 0 Å². The Morgan fingerprint density at radius 2 is 2.06 bits per heavy atom. The van der Waals surface area contributed by atoms with Crippen molar-refractivity contribution in [1.29, 1.82) is 0 Å². The average Bonchev–Trinajstić information content (AvgIpc) is 2.81. The number of nitrogens with zero attached hydrogens (tertiary/aromatic N) is 2. The van der Waals surface area contributed by atoms with Gasteiger partial charge in [0.25, 0.3) is 0 Å². The van der Waals surface area contributed by atoms with Crippen LogP contribution in [-0.4, -0.2) is 34.6 Å². The molecule has 4 heteroatoms. The lowest BCUT2D eigenvalue weighted by atomic mass is 10.3. The van der Waals surface area contributed by atoms with E-state index in [-0.39, 0.29) is 0 Å². The molecule has 0 unspecified atom stereocenters. The fraction of sp³-hybridized carbons (Fsp3) is 0.500. The van der Waals surface area contributed by atoms with Crippen LogP contribution in [0.15, 0.2) is 30.6 Å². The molecule has 3 nitrogen and oxygen atoms in total. The summed E-state index contributed by atoms with van der Waals surface area (Å²) in [6.45, 7) is 3.25. The highest BCUT2D eigenvalue weighted by atomic mass is 32.2. The van der Waals surface area contributed by atoms with E-state index in [1.165, 1.54) is 17.7 Å². The Hall–Kier alpha value is -1.00. The second kappa shape index (κ2) is 7.44. The monoisotopic (exact) mass is 263 g/mol. The normalized spacial score (nSPS) is 11.2. The van der Waals surface area contributed by atoms with Crippen LogP contribution >= 0.6 is 11.8 Å². The molecule has 0 aliphatic carbocycles. The molecule has 0 amide bonds. The van der Waals surface area contributed by atoms with Gasteiger partial charge in [0, 0.05) is 6.54 Å². The second-order valence-electron chi connectivity index (χ2n) is 4.38. The predicted octanol–water partition coefficient (Wildman–Crippen LogP) is 2.77. The Bertz CT molecular complexity index is 467. The molecule has 1 N–H and O–H groups in total. The lowest BCUT2D eigenvalue weighted by Crippen LogP contribution is -2.18. The number of nitrogens with one attached hydrogen (secondary N) is 1. The molecule has 0 bridgehead atoms. The van der Waals surface area contributed by atoms with Gasteiger partial charge < -0.3 is 9.88 Å². The van der Waals surface area contributed by atoms with Crippen molar-refractivity contribution in [1.82, 2.24) is 14.9 Å². The molecular weight excluding hydrogens is 242 g/mol. The fourth-order valence-corrected chi connectivity index (χ4v) is 2.46. The van der Waals surface area contributed by atoms with Crippen molar-refractivity contribution in [2.75, 3.05) is 25.1 Å². The minimum Gasteiger partial charge on any atom is -0.331 e. The van der Waals surface area contributed by atoms with Crippen LogP contribution in [0.5, 0.6) is 0 Å². The number of imidazole rings is 1. The molecule has 1 heterocycles. The van der Waals surface area contributed by atoms with E-state index in [9.17, 15) is 0 Å². The standard InChI is InChI=1S/C14H21N3S/c1-18-11-5-9-15-8-4-10-17-12-16-13-6-2-3-7-14(13)17/h2-3,6-7,12,15H,4-5,8-11H2,1H3. The number of rotatable bonds is 8. The van der Waals surface area contributed by atoms with Crippen LogP contribution in [0.25, 0.3) is 11.0 Å². The van der Waals surface area contributed by atoms with Crippen LogP contribution in [0.2, 0.25) is 0 Å². The van der Waals surface area contributed by atoms with Crippen LogP contribution < -0.4 is 5.32 Å². The van der Waals surface area contributed by atoms with E-state index in [1.807, 2.05) is 24.2 Å². The first-order valence-electron chi connectivity index (χ1n) is 6.51. The number of hydrogen-bond acceptors (Lipinski definition) is 3. The van der Waals surface area contributed by atoms with Gasteiger partial charge in [-0.2, -0.15) is 11.8 Å². The molecule has 0 saturated heterocycles. The number of benzene rings is 1. The molecule has 2 aromatic rings. The molecule has 18 heavy (non-hydrogen) atoms. The summed E-state index contributed by atoms with van der Waals surface area (Å²) in [6, 6.07) is 8.30. The smallest absolute Gasteiger partial charge is 0.0958 e. The van der Waals surface area contributed by atoms with Crippen molar-refractivity contribution in [2.45, 2.75) is 19.4 Å². The van der Waals surface area contributed by atoms with Gasteiger partial charge in [0.05, 0.1) is 17.4 Å². The zero-order valence-corrected chi connectivity index (χ0v) is 11.7. The summed E-state index contributed by atoms with van der Waals surface area (Å²) in [5.74, 6) is 1.25. The van der Waals surface area contributed by atoms with Crippen molar-refractivity contribution in [3.63, 3.8) is 0 Å². The molecule has 1 aromatic carbocycles. The molecule has 0 aliphatic heterocycles. The molecule has 0 saturated carbocycles. The van der Waals surface area contributed by atoms with Crippen molar-refractivity contribution >= 4 is 22.8 Å². The third-order valence-electron chi connectivity index (χ3n) is 2.98. The van der Waals surface area contributed by atoms with Gasteiger partial charge in [-0.15, -0.1) is 0 Å². The van der Waals surface area contributed by atoms with E-state index in [0.29, 0.717) is 0 Å². The Morgan fingerprint density at radius 3 is 2.94 bits per heavy atom. The maximum Gasteiger partial charge on any atom is 0.0958 e. The molecule has 0 atom stereocenters. The summed E-state index contributed by atoms with van der Waals surface area (Å²) in [5, 5.41) is 3.48. The average molecular weight is 263 g/mol. The summed E-state index contributed by atoms with van der Waals surface area (Å²) in [6.07, 6.45) is 6.51. The fourth-order valence-electron chi connectivity index (χ4n) is 2.03. The van der Waals surface area contributed by atoms with E-state index < -0.39 is 0 Å². The molecule has 0 radical (unpaired) electrons. The zero-order valence-electron chi connectivity index (χ0n) is 10.9. The minimum atomic E-state index is 1.04. The second-order valence-corrected chi connectivity index (χ2v) is 5.36. The van der Waals surface area contributed by atoms with Gasteiger partial charge in [0.1, 0.15) is 0 Å². The molecule has 98 valence electrons. The third kappa shape index (κ3) is 3.75. The lowest BCUT2D eigenvalue weighted by Gasteiger charge is -2.06.